The number of carbonyl (C=O) groups excluding carboxylic acids is 1. The van der Waals surface area contributed by atoms with Gasteiger partial charge in [-0.1, -0.05) is 36.7 Å². The maximum absolute atomic E-state index is 13.9. The number of hydrogen-bond donors (Lipinski definition) is 1. The van der Waals surface area contributed by atoms with Crippen LogP contribution in [0.3, 0.4) is 0 Å². The Morgan fingerprint density at radius 3 is 2.74 bits per heavy atom. The summed E-state index contributed by atoms with van der Waals surface area (Å²) in [6.07, 6.45) is 3.21. The topological polar surface area (TPSA) is 64.7 Å². The summed E-state index contributed by atoms with van der Waals surface area (Å²) in [4.78, 5) is 12.6. The molecule has 1 N–H and O–H groups in total. The van der Waals surface area contributed by atoms with Crippen LogP contribution in [-0.4, -0.2) is 25.5 Å². The minimum absolute atomic E-state index is 0.140. The molecule has 2 heterocycles. The summed E-state index contributed by atoms with van der Waals surface area (Å²) >= 11 is 5.85. The van der Waals surface area contributed by atoms with Crippen LogP contribution in [0.25, 0.3) is 0 Å². The van der Waals surface area contributed by atoms with Crippen LogP contribution in [0.2, 0.25) is 5.02 Å². The molecule has 0 saturated heterocycles. The summed E-state index contributed by atoms with van der Waals surface area (Å²) in [5, 5.41) is 12.0. The van der Waals surface area contributed by atoms with Gasteiger partial charge in [0.1, 0.15) is 5.82 Å². The zero-order chi connectivity index (χ0) is 19.6. The highest BCUT2D eigenvalue weighted by Gasteiger charge is 2.19. The molecule has 0 aliphatic rings. The highest BCUT2D eigenvalue weighted by Crippen LogP contribution is 2.22. The molecule has 1 aromatic carbocycles. The Balaban J connectivity index is 1.72. The minimum Gasteiger partial charge on any atom is -0.323 e. The van der Waals surface area contributed by atoms with Gasteiger partial charge in [-0.15, -0.1) is 0 Å². The van der Waals surface area contributed by atoms with Gasteiger partial charge < -0.3 is 5.32 Å². The summed E-state index contributed by atoms with van der Waals surface area (Å²) in [7, 11) is 0. The quantitative estimate of drug-likeness (QED) is 0.697. The van der Waals surface area contributed by atoms with Crippen LogP contribution in [0.1, 0.15) is 23.9 Å². The van der Waals surface area contributed by atoms with E-state index in [4.69, 9.17) is 11.6 Å². The molecular formula is C19H21ClFN5O. The Hall–Kier alpha value is -2.67. The maximum Gasteiger partial charge on any atom is 0.229 e. The monoisotopic (exact) mass is 389 g/mol. The molecule has 2 aromatic heterocycles. The lowest BCUT2D eigenvalue weighted by Gasteiger charge is -2.13. The highest BCUT2D eigenvalue weighted by atomic mass is 35.5. The standard InChI is InChI=1S/C19H21ClFN5O/c1-12(9-25-11-16(20)8-22-25)19(27)23-18-13(2)24-26(14(18)3)10-15-6-4-5-7-17(15)21/h4-8,11-12H,9-10H2,1-3H3,(H,23,27). The number of hydrogen-bond acceptors (Lipinski definition) is 3. The van der Waals surface area contributed by atoms with Gasteiger partial charge in [0.15, 0.2) is 0 Å². The number of carbonyl (C=O) groups is 1. The van der Waals surface area contributed by atoms with Gasteiger partial charge in [-0.25, -0.2) is 4.39 Å². The lowest BCUT2D eigenvalue weighted by molar-refractivity contribution is -0.119. The van der Waals surface area contributed by atoms with Gasteiger partial charge in [-0.05, 0) is 19.9 Å². The third kappa shape index (κ3) is 4.36. The first-order chi connectivity index (χ1) is 12.8. The summed E-state index contributed by atoms with van der Waals surface area (Å²) in [6.45, 7) is 6.21. The predicted octanol–water partition coefficient (Wildman–Crippen LogP) is 3.81. The number of benzene rings is 1. The van der Waals surface area contributed by atoms with Crippen LogP contribution in [0.4, 0.5) is 10.1 Å². The van der Waals surface area contributed by atoms with E-state index in [0.717, 1.165) is 5.69 Å². The molecule has 3 aromatic rings. The van der Waals surface area contributed by atoms with Crippen molar-refractivity contribution in [2.75, 3.05) is 5.32 Å². The smallest absolute Gasteiger partial charge is 0.229 e. The lowest BCUT2D eigenvalue weighted by Crippen LogP contribution is -2.25. The van der Waals surface area contributed by atoms with Crippen LogP contribution in [0.5, 0.6) is 0 Å². The van der Waals surface area contributed by atoms with E-state index in [1.807, 2.05) is 20.8 Å². The van der Waals surface area contributed by atoms with Crippen molar-refractivity contribution >= 4 is 23.2 Å². The number of anilines is 1. The van der Waals surface area contributed by atoms with Crippen LogP contribution >= 0.6 is 11.6 Å². The Kier molecular flexibility index (Phi) is 5.60. The largest absolute Gasteiger partial charge is 0.323 e. The van der Waals surface area contributed by atoms with E-state index in [1.54, 1.807) is 33.8 Å². The molecule has 8 heteroatoms. The minimum atomic E-state index is -0.310. The molecule has 6 nitrogen and oxygen atoms in total. The van der Waals surface area contributed by atoms with Crippen molar-refractivity contribution in [1.29, 1.82) is 0 Å². The van der Waals surface area contributed by atoms with E-state index in [2.05, 4.69) is 15.5 Å². The van der Waals surface area contributed by atoms with E-state index in [-0.39, 0.29) is 17.6 Å². The molecule has 0 radical (unpaired) electrons. The Labute approximate surface area is 161 Å². The van der Waals surface area contributed by atoms with Crippen molar-refractivity contribution in [3.8, 4) is 0 Å². The fourth-order valence-corrected chi connectivity index (χ4v) is 3.02. The number of aromatic nitrogens is 4. The van der Waals surface area contributed by atoms with E-state index in [9.17, 15) is 9.18 Å². The second-order valence-corrected chi connectivity index (χ2v) is 7.00. The fourth-order valence-electron chi connectivity index (χ4n) is 2.87. The molecule has 0 fully saturated rings. The summed E-state index contributed by atoms with van der Waals surface area (Å²) in [5.74, 6) is -0.727. The number of amides is 1. The Morgan fingerprint density at radius 2 is 2.07 bits per heavy atom. The van der Waals surface area contributed by atoms with Crippen molar-refractivity contribution < 1.29 is 9.18 Å². The average molecular weight is 390 g/mol. The van der Waals surface area contributed by atoms with Gasteiger partial charge in [0.2, 0.25) is 5.91 Å². The first-order valence-corrected chi connectivity index (χ1v) is 8.99. The van der Waals surface area contributed by atoms with E-state index >= 15 is 0 Å². The van der Waals surface area contributed by atoms with Crippen molar-refractivity contribution in [3.63, 3.8) is 0 Å². The number of rotatable bonds is 6. The molecule has 0 aliphatic carbocycles. The molecule has 1 amide bonds. The second kappa shape index (κ2) is 7.92. The van der Waals surface area contributed by atoms with Gasteiger partial charge >= 0.3 is 0 Å². The molecule has 3 rings (SSSR count). The first kappa shape index (κ1) is 19.1. The van der Waals surface area contributed by atoms with Gasteiger partial charge in [0.25, 0.3) is 0 Å². The van der Waals surface area contributed by atoms with Crippen LogP contribution in [0, 0.1) is 25.6 Å². The van der Waals surface area contributed by atoms with Crippen molar-refractivity contribution in [2.24, 2.45) is 5.92 Å². The Morgan fingerprint density at radius 1 is 1.33 bits per heavy atom. The number of halogens is 2. The summed E-state index contributed by atoms with van der Waals surface area (Å²) < 4.78 is 17.2. The second-order valence-electron chi connectivity index (χ2n) is 6.57. The fraction of sp³-hybridized carbons (Fsp3) is 0.316. The third-order valence-corrected chi connectivity index (χ3v) is 4.61. The van der Waals surface area contributed by atoms with Crippen LogP contribution in [-0.2, 0) is 17.9 Å². The molecular weight excluding hydrogens is 369 g/mol. The van der Waals surface area contributed by atoms with Crippen molar-refractivity contribution in [1.82, 2.24) is 19.6 Å². The normalized spacial score (nSPS) is 12.2. The SMILES string of the molecule is Cc1nn(Cc2ccccc2F)c(C)c1NC(=O)C(C)Cn1cc(Cl)cn1. The molecule has 1 unspecified atom stereocenters. The zero-order valence-electron chi connectivity index (χ0n) is 15.4. The number of aryl methyl sites for hydroxylation is 1. The summed E-state index contributed by atoms with van der Waals surface area (Å²) in [6, 6.07) is 6.59. The zero-order valence-corrected chi connectivity index (χ0v) is 16.2. The molecule has 27 heavy (non-hydrogen) atoms. The predicted molar refractivity (Wildman–Crippen MR) is 102 cm³/mol. The molecule has 0 aliphatic heterocycles. The molecule has 0 spiro atoms. The first-order valence-electron chi connectivity index (χ1n) is 8.61. The van der Waals surface area contributed by atoms with E-state index in [0.29, 0.717) is 35.1 Å². The Bertz CT molecular complexity index is 965. The van der Waals surface area contributed by atoms with Gasteiger partial charge in [-0.2, -0.15) is 10.2 Å². The molecule has 1 atom stereocenters. The van der Waals surface area contributed by atoms with Crippen LogP contribution in [0.15, 0.2) is 36.7 Å². The van der Waals surface area contributed by atoms with E-state index < -0.39 is 0 Å². The molecule has 0 saturated carbocycles. The van der Waals surface area contributed by atoms with Gasteiger partial charge in [0.05, 0.1) is 47.3 Å². The third-order valence-electron chi connectivity index (χ3n) is 4.42. The maximum atomic E-state index is 13.9. The average Bonchev–Trinajstić information content (AvgIpc) is 3.14. The van der Waals surface area contributed by atoms with Crippen molar-refractivity contribution in [2.45, 2.75) is 33.9 Å². The lowest BCUT2D eigenvalue weighted by atomic mass is 10.1. The van der Waals surface area contributed by atoms with Crippen LogP contribution < -0.4 is 5.32 Å². The van der Waals surface area contributed by atoms with Gasteiger partial charge in [-0.3, -0.25) is 14.2 Å². The highest BCUT2D eigenvalue weighted by molar-refractivity contribution is 6.30. The summed E-state index contributed by atoms with van der Waals surface area (Å²) in [5.41, 5.74) is 2.66. The van der Waals surface area contributed by atoms with Crippen molar-refractivity contribution in [3.05, 3.63) is 64.5 Å². The van der Waals surface area contributed by atoms with Gasteiger partial charge in [0, 0.05) is 11.8 Å². The number of nitrogens with zero attached hydrogens (tertiary/aromatic N) is 4. The van der Waals surface area contributed by atoms with E-state index in [1.165, 1.54) is 12.3 Å². The number of nitrogens with one attached hydrogen (secondary N) is 1. The molecule has 142 valence electrons. The molecule has 0 bridgehead atoms.